The zero-order chi connectivity index (χ0) is 9.90. The molecule has 1 aliphatic carbocycles. The van der Waals surface area contributed by atoms with Crippen LogP contribution in [0.1, 0.15) is 52.9 Å². The van der Waals surface area contributed by atoms with E-state index in [2.05, 4.69) is 33.4 Å². The van der Waals surface area contributed by atoms with E-state index in [1.54, 1.807) is 0 Å². The Labute approximate surface area is 83.4 Å². The second-order valence-electron chi connectivity index (χ2n) is 4.86. The molecule has 0 amide bonds. The third kappa shape index (κ3) is 2.15. The van der Waals surface area contributed by atoms with Crippen LogP contribution in [-0.2, 0) is 0 Å². The first-order valence-corrected chi connectivity index (χ1v) is 5.79. The van der Waals surface area contributed by atoms with Gasteiger partial charge in [-0.25, -0.2) is 0 Å². The lowest BCUT2D eigenvalue weighted by atomic mass is 9.63. The lowest BCUT2D eigenvalue weighted by Gasteiger charge is -2.42. The summed E-state index contributed by atoms with van der Waals surface area (Å²) in [4.78, 5) is 0. The Morgan fingerprint density at radius 1 is 1.38 bits per heavy atom. The quantitative estimate of drug-likeness (QED) is 0.564. The summed E-state index contributed by atoms with van der Waals surface area (Å²) in [7, 11) is 0. The molecule has 1 aliphatic rings. The highest BCUT2D eigenvalue weighted by Crippen LogP contribution is 2.46. The van der Waals surface area contributed by atoms with Crippen molar-refractivity contribution in [1.29, 1.82) is 0 Å². The molecule has 3 unspecified atom stereocenters. The molecule has 0 saturated heterocycles. The van der Waals surface area contributed by atoms with Gasteiger partial charge in [-0.1, -0.05) is 39.7 Å². The Balaban J connectivity index is 2.65. The lowest BCUT2D eigenvalue weighted by Crippen LogP contribution is -2.32. The van der Waals surface area contributed by atoms with E-state index in [9.17, 15) is 0 Å². The molecule has 0 radical (unpaired) electrons. The van der Waals surface area contributed by atoms with Crippen molar-refractivity contribution in [3.63, 3.8) is 0 Å². The first-order chi connectivity index (χ1) is 6.16. The summed E-state index contributed by atoms with van der Waals surface area (Å²) in [6.45, 7) is 11.0. The van der Waals surface area contributed by atoms with Crippen LogP contribution >= 0.6 is 0 Å². The van der Waals surface area contributed by atoms with Crippen LogP contribution in [0.2, 0.25) is 0 Å². The summed E-state index contributed by atoms with van der Waals surface area (Å²) in [6, 6.07) is 0. The molecule has 0 nitrogen and oxygen atoms in total. The molecule has 0 spiro atoms. The van der Waals surface area contributed by atoms with Crippen LogP contribution in [0.3, 0.4) is 0 Å². The monoisotopic (exact) mass is 180 g/mol. The standard InChI is InChI=1S/C13H24/c1-5-11-8-9-13(4,7-3)12(6-2)10-11/h7,11-12H,3,5-6,8-10H2,1-2,4H3. The van der Waals surface area contributed by atoms with Crippen LogP contribution < -0.4 is 0 Å². The number of hydrogen-bond acceptors (Lipinski definition) is 0. The van der Waals surface area contributed by atoms with Crippen molar-refractivity contribution in [2.24, 2.45) is 17.3 Å². The third-order valence-corrected chi connectivity index (χ3v) is 4.18. The molecule has 1 rings (SSSR count). The van der Waals surface area contributed by atoms with Gasteiger partial charge >= 0.3 is 0 Å². The van der Waals surface area contributed by atoms with Gasteiger partial charge in [0.25, 0.3) is 0 Å². The molecule has 0 aliphatic heterocycles. The summed E-state index contributed by atoms with van der Waals surface area (Å²) >= 11 is 0. The summed E-state index contributed by atoms with van der Waals surface area (Å²) in [5.41, 5.74) is 0.431. The van der Waals surface area contributed by atoms with Crippen LogP contribution in [0.5, 0.6) is 0 Å². The van der Waals surface area contributed by atoms with Gasteiger partial charge in [0.15, 0.2) is 0 Å². The van der Waals surface area contributed by atoms with Gasteiger partial charge in [0.2, 0.25) is 0 Å². The lowest BCUT2D eigenvalue weighted by molar-refractivity contribution is 0.120. The van der Waals surface area contributed by atoms with Crippen LogP contribution in [0.25, 0.3) is 0 Å². The van der Waals surface area contributed by atoms with Crippen molar-refractivity contribution in [2.45, 2.75) is 52.9 Å². The summed E-state index contributed by atoms with van der Waals surface area (Å²) in [5, 5.41) is 0. The zero-order valence-electron chi connectivity index (χ0n) is 9.47. The predicted octanol–water partition coefficient (Wildman–Crippen LogP) is 4.42. The van der Waals surface area contributed by atoms with E-state index in [0.29, 0.717) is 5.41 Å². The highest BCUT2D eigenvalue weighted by Gasteiger charge is 2.35. The molecule has 1 fully saturated rings. The zero-order valence-corrected chi connectivity index (χ0v) is 9.47. The van der Waals surface area contributed by atoms with E-state index in [0.717, 1.165) is 11.8 Å². The number of allylic oxidation sites excluding steroid dienone is 1. The van der Waals surface area contributed by atoms with Gasteiger partial charge in [-0.3, -0.25) is 0 Å². The smallest absolute Gasteiger partial charge is 0.0121 e. The van der Waals surface area contributed by atoms with E-state index >= 15 is 0 Å². The minimum Gasteiger partial charge on any atom is -0.103 e. The van der Waals surface area contributed by atoms with E-state index in [1.807, 2.05) is 0 Å². The van der Waals surface area contributed by atoms with E-state index in [-0.39, 0.29) is 0 Å². The predicted molar refractivity (Wildman–Crippen MR) is 59.7 cm³/mol. The van der Waals surface area contributed by atoms with Gasteiger partial charge in [-0.2, -0.15) is 0 Å². The highest BCUT2D eigenvalue weighted by atomic mass is 14.4. The Bertz CT molecular complexity index is 171. The fourth-order valence-electron chi connectivity index (χ4n) is 2.78. The highest BCUT2D eigenvalue weighted by molar-refractivity contribution is 4.99. The average Bonchev–Trinajstić information content (AvgIpc) is 2.18. The summed E-state index contributed by atoms with van der Waals surface area (Å²) in [6.07, 6.45) is 9.08. The number of rotatable bonds is 3. The Morgan fingerprint density at radius 2 is 2.08 bits per heavy atom. The topological polar surface area (TPSA) is 0 Å². The van der Waals surface area contributed by atoms with Gasteiger partial charge in [-0.05, 0) is 36.5 Å². The fourth-order valence-corrected chi connectivity index (χ4v) is 2.78. The Morgan fingerprint density at radius 3 is 2.54 bits per heavy atom. The normalized spacial score (nSPS) is 40.2. The summed E-state index contributed by atoms with van der Waals surface area (Å²) < 4.78 is 0. The molecule has 0 aromatic carbocycles. The maximum atomic E-state index is 4.01. The fraction of sp³-hybridized carbons (Fsp3) is 0.846. The van der Waals surface area contributed by atoms with Crippen molar-refractivity contribution in [3.05, 3.63) is 12.7 Å². The molecule has 0 bridgehead atoms. The van der Waals surface area contributed by atoms with E-state index < -0.39 is 0 Å². The van der Waals surface area contributed by atoms with Crippen molar-refractivity contribution in [2.75, 3.05) is 0 Å². The maximum absolute atomic E-state index is 4.01. The first kappa shape index (κ1) is 10.8. The van der Waals surface area contributed by atoms with E-state index in [4.69, 9.17) is 0 Å². The minimum absolute atomic E-state index is 0.431. The Kier molecular flexibility index (Phi) is 3.58. The van der Waals surface area contributed by atoms with Gasteiger partial charge in [0.05, 0.1) is 0 Å². The van der Waals surface area contributed by atoms with Gasteiger partial charge in [0, 0.05) is 0 Å². The molecule has 0 heterocycles. The average molecular weight is 180 g/mol. The van der Waals surface area contributed by atoms with Crippen molar-refractivity contribution in [1.82, 2.24) is 0 Å². The second kappa shape index (κ2) is 4.30. The van der Waals surface area contributed by atoms with Gasteiger partial charge < -0.3 is 0 Å². The van der Waals surface area contributed by atoms with E-state index in [1.165, 1.54) is 32.1 Å². The third-order valence-electron chi connectivity index (χ3n) is 4.18. The number of hydrogen-bond donors (Lipinski definition) is 0. The molecule has 0 aromatic rings. The molecule has 3 atom stereocenters. The van der Waals surface area contributed by atoms with Crippen LogP contribution in [0, 0.1) is 17.3 Å². The molecular formula is C13H24. The van der Waals surface area contributed by atoms with Crippen LogP contribution in [-0.4, -0.2) is 0 Å². The largest absolute Gasteiger partial charge is 0.103 e. The first-order valence-electron chi connectivity index (χ1n) is 5.79. The molecule has 0 N–H and O–H groups in total. The molecule has 0 heteroatoms. The molecule has 1 saturated carbocycles. The molecule has 76 valence electrons. The molecule has 0 aromatic heterocycles. The maximum Gasteiger partial charge on any atom is -0.0121 e. The van der Waals surface area contributed by atoms with Crippen LogP contribution in [0.4, 0.5) is 0 Å². The molecular weight excluding hydrogens is 156 g/mol. The SMILES string of the molecule is C=CC1(C)CCC(CC)CC1CC. The van der Waals surface area contributed by atoms with Crippen molar-refractivity contribution < 1.29 is 0 Å². The second-order valence-corrected chi connectivity index (χ2v) is 4.86. The van der Waals surface area contributed by atoms with Crippen LogP contribution in [0.15, 0.2) is 12.7 Å². The van der Waals surface area contributed by atoms with Crippen molar-refractivity contribution in [3.8, 4) is 0 Å². The molecule has 13 heavy (non-hydrogen) atoms. The Hall–Kier alpha value is -0.260. The van der Waals surface area contributed by atoms with Gasteiger partial charge in [-0.15, -0.1) is 6.58 Å². The minimum atomic E-state index is 0.431. The van der Waals surface area contributed by atoms with Crippen molar-refractivity contribution >= 4 is 0 Å². The van der Waals surface area contributed by atoms with Gasteiger partial charge in [0.1, 0.15) is 0 Å². The summed E-state index contributed by atoms with van der Waals surface area (Å²) in [5.74, 6) is 1.86.